The number of hydrogen-bond donors (Lipinski definition) is 0. The van der Waals surface area contributed by atoms with Gasteiger partial charge < -0.3 is 9.47 Å². The summed E-state index contributed by atoms with van der Waals surface area (Å²) in [5.74, 6) is -0.144. The van der Waals surface area contributed by atoms with Crippen molar-refractivity contribution in [3.8, 4) is 5.75 Å². The van der Waals surface area contributed by atoms with Crippen LogP contribution in [0, 0.1) is 0 Å². The molecule has 0 atom stereocenters. The molecule has 0 N–H and O–H groups in total. The zero-order chi connectivity index (χ0) is 19.8. The van der Waals surface area contributed by atoms with E-state index in [2.05, 4.69) is 4.74 Å². The van der Waals surface area contributed by atoms with Crippen LogP contribution in [-0.2, 0) is 15.6 Å². The summed E-state index contributed by atoms with van der Waals surface area (Å²) in [6.07, 6.45) is -1.05. The fourth-order valence-electron chi connectivity index (χ4n) is 1.61. The van der Waals surface area contributed by atoms with E-state index < -0.39 is 25.3 Å². The molecule has 0 aliphatic heterocycles. The molecule has 3 nitrogen and oxygen atoms in total. The van der Waals surface area contributed by atoms with Crippen LogP contribution in [0.5, 0.6) is 5.75 Å². The molecule has 1 aromatic rings. The highest BCUT2D eigenvalue weighted by Gasteiger charge is 2.24. The first-order valence-corrected chi connectivity index (χ1v) is 5.96. The largest absolute Gasteiger partial charge is 0.513 e. The van der Waals surface area contributed by atoms with E-state index in [9.17, 15) is 4.79 Å². The van der Waals surface area contributed by atoms with Crippen LogP contribution in [0.4, 0.5) is 4.79 Å². The average molecular weight is 270 g/mol. The Kier molecular flexibility index (Phi) is 2.38. The Morgan fingerprint density at radius 1 is 1.16 bits per heavy atom. The van der Waals surface area contributed by atoms with Crippen molar-refractivity contribution in [1.82, 2.24) is 0 Å². The SMILES string of the molecule is [2H]C([2H])([2H])C(C)(c1cc(C(C)(C)C)ccc1OC(=O)OC)C([2H])([2H])[2H]. The van der Waals surface area contributed by atoms with Crippen LogP contribution in [0.1, 0.15) is 60.8 Å². The van der Waals surface area contributed by atoms with E-state index in [4.69, 9.17) is 13.0 Å². The molecule has 0 aliphatic rings. The van der Waals surface area contributed by atoms with Crippen molar-refractivity contribution >= 4 is 6.16 Å². The number of methoxy groups -OCH3 is 1. The molecule has 0 saturated carbocycles. The molecule has 0 unspecified atom stereocenters. The zero-order valence-electron chi connectivity index (χ0n) is 18.0. The smallest absolute Gasteiger partial charge is 0.437 e. The Labute approximate surface area is 124 Å². The molecule has 106 valence electrons. The lowest BCUT2D eigenvalue weighted by molar-refractivity contribution is 0.120. The molecule has 19 heavy (non-hydrogen) atoms. The fraction of sp³-hybridized carbons (Fsp3) is 0.562. The molecular formula is C16H24O3. The molecule has 0 heterocycles. The van der Waals surface area contributed by atoms with Gasteiger partial charge in [-0.1, -0.05) is 53.5 Å². The van der Waals surface area contributed by atoms with E-state index in [0.29, 0.717) is 0 Å². The van der Waals surface area contributed by atoms with Gasteiger partial charge >= 0.3 is 6.16 Å². The summed E-state index contributed by atoms with van der Waals surface area (Å²) in [5.41, 5.74) is -1.95. The van der Waals surface area contributed by atoms with Gasteiger partial charge in [0.25, 0.3) is 0 Å². The Balaban J connectivity index is 3.79. The molecule has 3 heteroatoms. The second-order valence-corrected chi connectivity index (χ2v) is 5.64. The zero-order valence-corrected chi connectivity index (χ0v) is 12.0. The summed E-state index contributed by atoms with van der Waals surface area (Å²) in [7, 11) is 1.11. The molecule has 1 rings (SSSR count). The first kappa shape index (κ1) is 8.62. The van der Waals surface area contributed by atoms with Crippen molar-refractivity contribution in [2.24, 2.45) is 0 Å². The van der Waals surface area contributed by atoms with E-state index in [1.807, 2.05) is 20.8 Å². The van der Waals surface area contributed by atoms with Crippen LogP contribution in [0.2, 0.25) is 0 Å². The molecular weight excluding hydrogens is 240 g/mol. The number of carbonyl (C=O) groups is 1. The average Bonchev–Trinajstić information content (AvgIpc) is 2.43. The molecule has 0 amide bonds. The van der Waals surface area contributed by atoms with Gasteiger partial charge in [0.1, 0.15) is 5.75 Å². The van der Waals surface area contributed by atoms with Crippen molar-refractivity contribution < 1.29 is 22.5 Å². The lowest BCUT2D eigenvalue weighted by Crippen LogP contribution is -2.19. The molecule has 0 radical (unpaired) electrons. The number of ether oxygens (including phenoxy) is 2. The second-order valence-electron chi connectivity index (χ2n) is 5.64. The van der Waals surface area contributed by atoms with Crippen molar-refractivity contribution in [1.29, 1.82) is 0 Å². The van der Waals surface area contributed by atoms with Crippen LogP contribution in [0.3, 0.4) is 0 Å². The Morgan fingerprint density at radius 3 is 2.26 bits per heavy atom. The minimum absolute atomic E-state index is 0.0784. The maximum atomic E-state index is 11.5. The third kappa shape index (κ3) is 3.98. The van der Waals surface area contributed by atoms with Crippen molar-refractivity contribution in [2.75, 3.05) is 7.11 Å². The Bertz CT molecular complexity index is 627. The van der Waals surface area contributed by atoms with Gasteiger partial charge in [-0.05, 0) is 22.5 Å². The van der Waals surface area contributed by atoms with Crippen LogP contribution >= 0.6 is 0 Å². The van der Waals surface area contributed by atoms with Gasteiger partial charge in [-0.25, -0.2) is 4.79 Å². The van der Waals surface area contributed by atoms with Gasteiger partial charge in [-0.3, -0.25) is 0 Å². The number of rotatable bonds is 1. The van der Waals surface area contributed by atoms with E-state index in [1.165, 1.54) is 12.1 Å². The van der Waals surface area contributed by atoms with Crippen LogP contribution in [-0.4, -0.2) is 13.3 Å². The molecule has 0 spiro atoms. The first-order chi connectivity index (χ1) is 11.1. The molecule has 0 bridgehead atoms. The Hall–Kier alpha value is -1.51. The lowest BCUT2D eigenvalue weighted by Gasteiger charge is -2.26. The number of benzene rings is 1. The van der Waals surface area contributed by atoms with Crippen molar-refractivity contribution in [3.63, 3.8) is 0 Å². The van der Waals surface area contributed by atoms with Gasteiger partial charge in [0, 0.05) is 13.8 Å². The van der Waals surface area contributed by atoms with Gasteiger partial charge in [0.15, 0.2) is 0 Å². The highest BCUT2D eigenvalue weighted by Crippen LogP contribution is 2.35. The Morgan fingerprint density at radius 2 is 1.79 bits per heavy atom. The standard InChI is InChI=1S/C16H24O3/c1-15(2,3)11-8-9-13(19-14(17)18-7)12(10-11)16(4,5)6/h8-10H,1-7H3/i4D3,5D3. The third-order valence-corrected chi connectivity index (χ3v) is 2.74. The van der Waals surface area contributed by atoms with Crippen LogP contribution < -0.4 is 4.74 Å². The summed E-state index contributed by atoms with van der Waals surface area (Å²) in [6, 6.07) is 4.56. The topological polar surface area (TPSA) is 35.5 Å². The highest BCUT2D eigenvalue weighted by molar-refractivity contribution is 5.65. The number of carbonyl (C=O) groups excluding carboxylic acids is 1. The lowest BCUT2D eigenvalue weighted by atomic mass is 9.80. The molecule has 0 aliphatic carbocycles. The predicted octanol–water partition coefficient (Wildman–Crippen LogP) is 4.43. The first-order valence-electron chi connectivity index (χ1n) is 8.96. The van der Waals surface area contributed by atoms with E-state index >= 15 is 0 Å². The summed E-state index contributed by atoms with van der Waals surface area (Å²) in [6.45, 7) is 1.16. The molecule has 1 aromatic carbocycles. The summed E-state index contributed by atoms with van der Waals surface area (Å²) in [4.78, 5) is 11.5. The van der Waals surface area contributed by atoms with Crippen LogP contribution in [0.25, 0.3) is 0 Å². The van der Waals surface area contributed by atoms with E-state index in [0.717, 1.165) is 19.6 Å². The monoisotopic (exact) mass is 270 g/mol. The predicted molar refractivity (Wildman–Crippen MR) is 76.9 cm³/mol. The summed E-state index contributed by atoms with van der Waals surface area (Å²) in [5, 5.41) is 0. The summed E-state index contributed by atoms with van der Waals surface area (Å²) >= 11 is 0. The molecule has 0 saturated heterocycles. The fourth-order valence-corrected chi connectivity index (χ4v) is 1.61. The second kappa shape index (κ2) is 5.24. The third-order valence-electron chi connectivity index (χ3n) is 2.74. The quantitative estimate of drug-likeness (QED) is 0.559. The summed E-state index contributed by atoms with van der Waals surface area (Å²) < 4.78 is 56.5. The maximum Gasteiger partial charge on any atom is 0.513 e. The van der Waals surface area contributed by atoms with Crippen molar-refractivity contribution in [2.45, 2.75) is 52.2 Å². The maximum absolute atomic E-state index is 11.5. The van der Waals surface area contributed by atoms with Crippen molar-refractivity contribution in [3.05, 3.63) is 29.3 Å². The molecule has 0 aromatic heterocycles. The van der Waals surface area contributed by atoms with Crippen LogP contribution in [0.15, 0.2) is 18.2 Å². The minimum atomic E-state index is -2.86. The van der Waals surface area contributed by atoms with E-state index in [-0.39, 0.29) is 16.7 Å². The van der Waals surface area contributed by atoms with Gasteiger partial charge in [-0.2, -0.15) is 0 Å². The molecule has 0 fully saturated rings. The van der Waals surface area contributed by atoms with Gasteiger partial charge in [0.05, 0.1) is 7.11 Å². The normalized spacial score (nSPS) is 18.2. The van der Waals surface area contributed by atoms with E-state index in [1.54, 1.807) is 6.07 Å². The van der Waals surface area contributed by atoms with Gasteiger partial charge in [0.2, 0.25) is 0 Å². The minimum Gasteiger partial charge on any atom is -0.437 e. The van der Waals surface area contributed by atoms with Gasteiger partial charge in [-0.15, -0.1) is 0 Å². The number of hydrogen-bond acceptors (Lipinski definition) is 3. The highest BCUT2D eigenvalue weighted by atomic mass is 16.7.